The fourth-order valence-electron chi connectivity index (χ4n) is 2.51. The highest BCUT2D eigenvalue weighted by molar-refractivity contribution is 7.17. The van der Waals surface area contributed by atoms with Crippen LogP contribution in [0.2, 0.25) is 0 Å². The molecule has 0 atom stereocenters. The molecular formula is C18H23F2N3OS. The minimum absolute atomic E-state index is 0.176. The normalized spacial score (nSPS) is 11.2. The first-order valence-corrected chi connectivity index (χ1v) is 9.10. The number of likely N-dealkylation sites (N-methyl/N-ethyl adjacent to an activating group) is 2. The van der Waals surface area contributed by atoms with Gasteiger partial charge in [0.2, 0.25) is 0 Å². The predicted octanol–water partition coefficient (Wildman–Crippen LogP) is 3.81. The maximum absolute atomic E-state index is 14.0. The molecule has 0 aliphatic heterocycles. The van der Waals surface area contributed by atoms with Crippen LogP contribution in [0, 0.1) is 18.6 Å². The van der Waals surface area contributed by atoms with E-state index >= 15 is 0 Å². The highest BCUT2D eigenvalue weighted by Gasteiger charge is 2.22. The highest BCUT2D eigenvalue weighted by atomic mass is 32.1. The number of aryl methyl sites for hydroxylation is 1. The van der Waals surface area contributed by atoms with Crippen molar-refractivity contribution in [3.8, 4) is 10.6 Å². The van der Waals surface area contributed by atoms with Gasteiger partial charge in [0.25, 0.3) is 5.91 Å². The molecule has 0 N–H and O–H groups in total. The Kier molecular flexibility index (Phi) is 6.61. The van der Waals surface area contributed by atoms with Crippen LogP contribution in [0.5, 0.6) is 0 Å². The zero-order valence-electron chi connectivity index (χ0n) is 15.0. The number of aromatic nitrogens is 1. The number of carbonyl (C=O) groups is 1. The van der Waals surface area contributed by atoms with Gasteiger partial charge in [-0.2, -0.15) is 0 Å². The Labute approximate surface area is 151 Å². The van der Waals surface area contributed by atoms with Crippen LogP contribution in [0.3, 0.4) is 0 Å². The standard InChI is InChI=1S/C18H23F2N3OS/c1-5-23(6-2)11-10-22(4)18(24)16-12(3)21-17(25-16)15-13(19)8-7-9-14(15)20/h7-9H,5-6,10-11H2,1-4H3. The van der Waals surface area contributed by atoms with Gasteiger partial charge in [-0.15, -0.1) is 11.3 Å². The third-order valence-electron chi connectivity index (χ3n) is 4.16. The van der Waals surface area contributed by atoms with E-state index in [1.54, 1.807) is 18.9 Å². The molecule has 0 saturated carbocycles. The van der Waals surface area contributed by atoms with Crippen molar-refractivity contribution in [2.24, 2.45) is 0 Å². The quantitative estimate of drug-likeness (QED) is 0.747. The Morgan fingerprint density at radius 2 is 1.76 bits per heavy atom. The second kappa shape index (κ2) is 8.49. The highest BCUT2D eigenvalue weighted by Crippen LogP contribution is 2.32. The van der Waals surface area contributed by atoms with Crippen molar-refractivity contribution < 1.29 is 13.6 Å². The van der Waals surface area contributed by atoms with Gasteiger partial charge in [-0.3, -0.25) is 4.79 Å². The lowest BCUT2D eigenvalue weighted by Gasteiger charge is -2.22. The van der Waals surface area contributed by atoms with Gasteiger partial charge >= 0.3 is 0 Å². The average molecular weight is 367 g/mol. The number of nitrogens with zero attached hydrogens (tertiary/aromatic N) is 3. The fraction of sp³-hybridized carbons (Fsp3) is 0.444. The number of amides is 1. The van der Waals surface area contributed by atoms with Crippen molar-refractivity contribution >= 4 is 17.2 Å². The molecule has 0 unspecified atom stereocenters. The molecule has 136 valence electrons. The van der Waals surface area contributed by atoms with E-state index in [1.807, 2.05) is 0 Å². The van der Waals surface area contributed by atoms with Crippen molar-refractivity contribution in [3.05, 3.63) is 40.4 Å². The van der Waals surface area contributed by atoms with Crippen molar-refractivity contribution in [2.75, 3.05) is 33.2 Å². The zero-order valence-corrected chi connectivity index (χ0v) is 15.8. The van der Waals surface area contributed by atoms with E-state index in [1.165, 1.54) is 18.2 Å². The summed E-state index contributed by atoms with van der Waals surface area (Å²) in [4.78, 5) is 21.1. The van der Waals surface area contributed by atoms with Crippen LogP contribution in [0.15, 0.2) is 18.2 Å². The summed E-state index contributed by atoms with van der Waals surface area (Å²) >= 11 is 1.03. The average Bonchev–Trinajstić information content (AvgIpc) is 2.96. The molecule has 1 aromatic carbocycles. The van der Waals surface area contributed by atoms with E-state index in [2.05, 4.69) is 23.7 Å². The molecule has 0 saturated heterocycles. The monoisotopic (exact) mass is 367 g/mol. The van der Waals surface area contributed by atoms with Crippen LogP contribution in [0.25, 0.3) is 10.6 Å². The summed E-state index contributed by atoms with van der Waals surface area (Å²) in [5.74, 6) is -1.53. The van der Waals surface area contributed by atoms with Crippen molar-refractivity contribution in [1.82, 2.24) is 14.8 Å². The number of carbonyl (C=O) groups excluding carboxylic acids is 1. The molecule has 4 nitrogen and oxygen atoms in total. The largest absolute Gasteiger partial charge is 0.340 e. The molecular weight excluding hydrogens is 344 g/mol. The first-order chi connectivity index (χ1) is 11.9. The third-order valence-corrected chi connectivity index (χ3v) is 5.32. The summed E-state index contributed by atoms with van der Waals surface area (Å²) in [6.07, 6.45) is 0. The maximum atomic E-state index is 14.0. The molecule has 1 amide bonds. The maximum Gasteiger partial charge on any atom is 0.265 e. The van der Waals surface area contributed by atoms with Crippen molar-refractivity contribution in [3.63, 3.8) is 0 Å². The molecule has 7 heteroatoms. The van der Waals surface area contributed by atoms with E-state index in [0.717, 1.165) is 31.0 Å². The molecule has 0 fully saturated rings. The molecule has 0 spiro atoms. The summed E-state index contributed by atoms with van der Waals surface area (Å²) in [6, 6.07) is 3.68. The first kappa shape index (κ1) is 19.5. The summed E-state index contributed by atoms with van der Waals surface area (Å²) in [7, 11) is 1.73. The predicted molar refractivity (Wildman–Crippen MR) is 97.0 cm³/mol. The van der Waals surface area contributed by atoms with E-state index < -0.39 is 11.6 Å². The Bertz CT molecular complexity index is 724. The van der Waals surface area contributed by atoms with Gasteiger partial charge < -0.3 is 9.80 Å². The Morgan fingerprint density at radius 1 is 1.16 bits per heavy atom. The molecule has 1 heterocycles. The van der Waals surface area contributed by atoms with E-state index in [-0.39, 0.29) is 16.5 Å². The second-order valence-corrected chi connectivity index (χ2v) is 6.78. The fourth-order valence-corrected chi connectivity index (χ4v) is 3.62. The smallest absolute Gasteiger partial charge is 0.265 e. The van der Waals surface area contributed by atoms with E-state index in [4.69, 9.17) is 0 Å². The van der Waals surface area contributed by atoms with Crippen molar-refractivity contribution in [2.45, 2.75) is 20.8 Å². The van der Waals surface area contributed by atoms with Gasteiger partial charge in [0, 0.05) is 20.1 Å². The minimum atomic E-state index is -0.678. The molecule has 2 aromatic rings. The number of rotatable bonds is 7. The van der Waals surface area contributed by atoms with Gasteiger partial charge in [0.05, 0.1) is 11.3 Å². The molecule has 0 radical (unpaired) electrons. The summed E-state index contributed by atoms with van der Waals surface area (Å²) < 4.78 is 27.9. The molecule has 0 bridgehead atoms. The van der Waals surface area contributed by atoms with Gasteiger partial charge in [0.1, 0.15) is 21.5 Å². The topological polar surface area (TPSA) is 36.4 Å². The number of hydrogen-bond acceptors (Lipinski definition) is 4. The Balaban J connectivity index is 2.20. The van der Waals surface area contributed by atoms with Crippen LogP contribution in [0.4, 0.5) is 8.78 Å². The minimum Gasteiger partial charge on any atom is -0.340 e. The number of halogens is 2. The third kappa shape index (κ3) is 4.41. The number of thiazole rings is 1. The first-order valence-electron chi connectivity index (χ1n) is 8.28. The SMILES string of the molecule is CCN(CC)CCN(C)C(=O)c1sc(-c2c(F)cccc2F)nc1C. The van der Waals surface area contributed by atoms with E-state index in [9.17, 15) is 13.6 Å². The number of benzene rings is 1. The lowest BCUT2D eigenvalue weighted by atomic mass is 10.2. The zero-order chi connectivity index (χ0) is 18.6. The van der Waals surface area contributed by atoms with Gasteiger partial charge in [-0.1, -0.05) is 19.9 Å². The molecule has 0 aliphatic carbocycles. The van der Waals surface area contributed by atoms with Gasteiger partial charge in [0.15, 0.2) is 0 Å². The van der Waals surface area contributed by atoms with Gasteiger partial charge in [-0.05, 0) is 32.1 Å². The van der Waals surface area contributed by atoms with Crippen LogP contribution < -0.4 is 0 Å². The second-order valence-electron chi connectivity index (χ2n) is 5.78. The lowest BCUT2D eigenvalue weighted by Crippen LogP contribution is -2.36. The molecule has 2 rings (SSSR count). The Morgan fingerprint density at radius 3 is 2.32 bits per heavy atom. The van der Waals surface area contributed by atoms with Gasteiger partial charge in [-0.25, -0.2) is 13.8 Å². The van der Waals surface area contributed by atoms with Crippen molar-refractivity contribution in [1.29, 1.82) is 0 Å². The Hall–Kier alpha value is -1.86. The van der Waals surface area contributed by atoms with Crippen LogP contribution in [0.1, 0.15) is 29.2 Å². The van der Waals surface area contributed by atoms with E-state index in [0.29, 0.717) is 17.1 Å². The molecule has 1 aromatic heterocycles. The van der Waals surface area contributed by atoms with Crippen LogP contribution >= 0.6 is 11.3 Å². The summed E-state index contributed by atoms with van der Waals surface area (Å²) in [6.45, 7) is 9.05. The summed E-state index contributed by atoms with van der Waals surface area (Å²) in [5.41, 5.74) is 0.308. The molecule has 0 aliphatic rings. The van der Waals surface area contributed by atoms with Crippen LogP contribution in [-0.4, -0.2) is 53.9 Å². The number of hydrogen-bond donors (Lipinski definition) is 0. The summed E-state index contributed by atoms with van der Waals surface area (Å²) in [5, 5.41) is 0.189. The molecule has 25 heavy (non-hydrogen) atoms. The van der Waals surface area contributed by atoms with Crippen LogP contribution in [-0.2, 0) is 0 Å². The lowest BCUT2D eigenvalue weighted by molar-refractivity contribution is 0.0783.